The van der Waals surface area contributed by atoms with Crippen LogP contribution in [-0.4, -0.2) is 26.7 Å². The summed E-state index contributed by atoms with van der Waals surface area (Å²) in [7, 11) is 1.92. The summed E-state index contributed by atoms with van der Waals surface area (Å²) in [6.45, 7) is 5.22. The highest BCUT2D eigenvalue weighted by Crippen LogP contribution is 2.28. The second-order valence-corrected chi connectivity index (χ2v) is 7.03. The lowest BCUT2D eigenvalue weighted by molar-refractivity contribution is 0.433. The summed E-state index contributed by atoms with van der Waals surface area (Å²) in [4.78, 5) is 21.1. The Kier molecular flexibility index (Phi) is 5.54. The van der Waals surface area contributed by atoms with Crippen LogP contribution in [-0.2, 0) is 13.1 Å². The van der Waals surface area contributed by atoms with E-state index in [-0.39, 0.29) is 6.99 Å². The molecule has 4 aromatic rings. The lowest BCUT2D eigenvalue weighted by Gasteiger charge is -2.07. The van der Waals surface area contributed by atoms with Crippen LogP contribution in [0.1, 0.15) is 19.6 Å². The molecular weight excluding hydrogens is 378 g/mol. The Morgan fingerprint density at radius 2 is 1.87 bits per heavy atom. The fourth-order valence-corrected chi connectivity index (χ4v) is 3.27. The van der Waals surface area contributed by atoms with Gasteiger partial charge in [-0.15, -0.1) is 0 Å². The fraction of sp³-hybridized carbons (Fsp3) is 0.217. The lowest BCUT2D eigenvalue weighted by Crippen LogP contribution is -2.17. The van der Waals surface area contributed by atoms with Crippen LogP contribution in [0.2, 0.25) is 0 Å². The van der Waals surface area contributed by atoms with Gasteiger partial charge in [0.2, 0.25) is 0 Å². The molecule has 154 valence electrons. The number of rotatable bonds is 6. The summed E-state index contributed by atoms with van der Waals surface area (Å²) >= 11 is 0. The van der Waals surface area contributed by atoms with Crippen molar-refractivity contribution >= 4 is 0 Å². The third-order valence-electron chi connectivity index (χ3n) is 4.95. The largest absolute Gasteiger partial charge is 0.354 e. The summed E-state index contributed by atoms with van der Waals surface area (Å²) in [5, 5.41) is 7.35. The summed E-state index contributed by atoms with van der Waals surface area (Å²) in [5.74, 6) is 0.556. The SMILES string of the molecule is CCn1cc(-c2cnc(C)c(-c3cc(-c4ccc(CNC)cc4)no3)n2)ccc1=O.[HH]. The van der Waals surface area contributed by atoms with Gasteiger partial charge < -0.3 is 14.4 Å². The van der Waals surface area contributed by atoms with Gasteiger partial charge in [-0.1, -0.05) is 29.4 Å². The molecule has 4 rings (SSSR count). The first kappa shape index (κ1) is 19.7. The number of hydrogen-bond acceptors (Lipinski definition) is 6. The number of hydrogen-bond donors (Lipinski definition) is 1. The first-order chi connectivity index (χ1) is 14.6. The Labute approximate surface area is 175 Å². The predicted molar refractivity (Wildman–Crippen MR) is 118 cm³/mol. The number of benzene rings is 1. The third-order valence-corrected chi connectivity index (χ3v) is 4.95. The molecule has 0 fully saturated rings. The molecule has 0 saturated carbocycles. The molecule has 0 bridgehead atoms. The quantitative estimate of drug-likeness (QED) is 0.525. The Morgan fingerprint density at radius 3 is 2.60 bits per heavy atom. The van der Waals surface area contributed by atoms with Gasteiger partial charge in [0.25, 0.3) is 5.56 Å². The maximum absolute atomic E-state index is 11.9. The van der Waals surface area contributed by atoms with Crippen molar-refractivity contribution in [1.82, 2.24) is 25.0 Å². The number of aryl methyl sites for hydroxylation is 2. The normalized spacial score (nSPS) is 11.0. The summed E-state index contributed by atoms with van der Waals surface area (Å²) in [5.41, 5.74) is 5.75. The second kappa shape index (κ2) is 8.42. The van der Waals surface area contributed by atoms with E-state index in [1.54, 1.807) is 29.1 Å². The monoisotopic (exact) mass is 403 g/mol. The van der Waals surface area contributed by atoms with E-state index in [9.17, 15) is 4.79 Å². The zero-order valence-electron chi connectivity index (χ0n) is 17.2. The van der Waals surface area contributed by atoms with Crippen molar-refractivity contribution in [2.75, 3.05) is 7.05 Å². The molecule has 0 aliphatic rings. The van der Waals surface area contributed by atoms with Crippen molar-refractivity contribution in [3.63, 3.8) is 0 Å². The van der Waals surface area contributed by atoms with E-state index in [4.69, 9.17) is 9.51 Å². The minimum absolute atomic E-state index is 0. The van der Waals surface area contributed by atoms with Gasteiger partial charge in [-0.25, -0.2) is 4.98 Å². The van der Waals surface area contributed by atoms with E-state index < -0.39 is 0 Å². The summed E-state index contributed by atoms with van der Waals surface area (Å²) in [6.07, 6.45) is 3.50. The van der Waals surface area contributed by atoms with Crippen molar-refractivity contribution in [1.29, 1.82) is 0 Å². The first-order valence-corrected chi connectivity index (χ1v) is 9.84. The highest BCUT2D eigenvalue weighted by Gasteiger charge is 2.15. The van der Waals surface area contributed by atoms with Gasteiger partial charge in [0.15, 0.2) is 5.76 Å². The number of nitrogens with zero attached hydrogens (tertiary/aromatic N) is 4. The van der Waals surface area contributed by atoms with Gasteiger partial charge in [-0.05, 0) is 32.5 Å². The van der Waals surface area contributed by atoms with Gasteiger partial charge in [0.05, 0.1) is 17.6 Å². The maximum atomic E-state index is 11.9. The van der Waals surface area contributed by atoms with Crippen LogP contribution in [0.15, 0.2) is 64.2 Å². The number of pyridine rings is 1. The zero-order valence-corrected chi connectivity index (χ0v) is 17.2. The van der Waals surface area contributed by atoms with E-state index in [0.717, 1.165) is 29.1 Å². The van der Waals surface area contributed by atoms with Gasteiger partial charge in [-0.3, -0.25) is 9.78 Å². The van der Waals surface area contributed by atoms with Crippen LogP contribution in [0.4, 0.5) is 0 Å². The van der Waals surface area contributed by atoms with E-state index in [2.05, 4.69) is 27.6 Å². The van der Waals surface area contributed by atoms with Crippen molar-refractivity contribution in [2.24, 2.45) is 0 Å². The Balaban J connectivity index is 0.00000272. The van der Waals surface area contributed by atoms with Crippen molar-refractivity contribution in [3.8, 4) is 34.0 Å². The molecule has 0 atom stereocenters. The minimum Gasteiger partial charge on any atom is -0.354 e. The molecule has 7 heteroatoms. The fourth-order valence-electron chi connectivity index (χ4n) is 3.27. The van der Waals surface area contributed by atoms with Crippen LogP contribution >= 0.6 is 0 Å². The van der Waals surface area contributed by atoms with Gasteiger partial charge in [0, 0.05) is 44.0 Å². The second-order valence-electron chi connectivity index (χ2n) is 7.03. The Morgan fingerprint density at radius 1 is 1.10 bits per heavy atom. The smallest absolute Gasteiger partial charge is 0.250 e. The highest BCUT2D eigenvalue weighted by atomic mass is 16.5. The summed E-state index contributed by atoms with van der Waals surface area (Å²) < 4.78 is 7.24. The molecule has 1 aromatic carbocycles. The van der Waals surface area contributed by atoms with E-state index >= 15 is 0 Å². The molecule has 0 spiro atoms. The van der Waals surface area contributed by atoms with Crippen molar-refractivity contribution in [3.05, 3.63) is 76.5 Å². The van der Waals surface area contributed by atoms with E-state index in [0.29, 0.717) is 23.7 Å². The topological polar surface area (TPSA) is 85.8 Å². The highest BCUT2D eigenvalue weighted by molar-refractivity contribution is 5.68. The lowest BCUT2D eigenvalue weighted by atomic mass is 10.1. The Bertz CT molecular complexity index is 1230. The van der Waals surface area contributed by atoms with Crippen LogP contribution in [0.3, 0.4) is 0 Å². The standard InChI is InChI=1S/C23H23N5O2.H2/c1-4-28-14-18(9-10-22(28)29)20-13-25-15(2)23(26-20)21-11-19(27-30-21)17-7-5-16(6-8-17)12-24-3;/h5-11,13-14,24H,4,12H2,1-3H3;1H. The molecule has 0 radical (unpaired) electrons. The molecule has 30 heavy (non-hydrogen) atoms. The number of aromatic nitrogens is 4. The molecule has 0 aliphatic carbocycles. The van der Waals surface area contributed by atoms with E-state index in [1.807, 2.05) is 39.1 Å². The molecule has 0 amide bonds. The van der Waals surface area contributed by atoms with Crippen LogP contribution in [0.5, 0.6) is 0 Å². The van der Waals surface area contributed by atoms with Gasteiger partial charge in [0.1, 0.15) is 11.4 Å². The maximum Gasteiger partial charge on any atom is 0.250 e. The minimum atomic E-state index is -0.0397. The molecule has 7 nitrogen and oxygen atoms in total. The zero-order chi connectivity index (χ0) is 21.1. The average Bonchev–Trinajstić information content (AvgIpc) is 3.25. The Hall–Kier alpha value is -3.58. The first-order valence-electron chi connectivity index (χ1n) is 9.84. The molecule has 3 aromatic heterocycles. The number of nitrogens with one attached hydrogen (secondary N) is 1. The van der Waals surface area contributed by atoms with Gasteiger partial charge >= 0.3 is 0 Å². The third kappa shape index (κ3) is 3.92. The van der Waals surface area contributed by atoms with E-state index in [1.165, 1.54) is 5.56 Å². The van der Waals surface area contributed by atoms with Crippen LogP contribution < -0.4 is 10.9 Å². The van der Waals surface area contributed by atoms with Crippen molar-refractivity contribution < 1.29 is 5.95 Å². The molecule has 1 N–H and O–H groups in total. The summed E-state index contributed by atoms with van der Waals surface area (Å²) in [6, 6.07) is 13.4. The van der Waals surface area contributed by atoms with Crippen LogP contribution in [0.25, 0.3) is 34.0 Å². The van der Waals surface area contributed by atoms with Crippen molar-refractivity contribution in [2.45, 2.75) is 26.9 Å². The molecule has 3 heterocycles. The van der Waals surface area contributed by atoms with Gasteiger partial charge in [-0.2, -0.15) is 0 Å². The van der Waals surface area contributed by atoms with Crippen LogP contribution in [0, 0.1) is 6.92 Å². The average molecular weight is 403 g/mol. The molecule has 0 aliphatic heterocycles. The molecule has 0 saturated heterocycles. The molecular formula is C23H25N5O2. The predicted octanol–water partition coefficient (Wildman–Crippen LogP) is 3.92. The molecule has 0 unspecified atom stereocenters.